The third-order valence-corrected chi connectivity index (χ3v) is 4.84. The molecule has 0 aromatic heterocycles. The number of benzene rings is 2. The number of likely N-dealkylation sites (tertiary alicyclic amines) is 1. The Morgan fingerprint density at radius 1 is 1.07 bits per heavy atom. The van der Waals surface area contributed by atoms with Gasteiger partial charge in [-0.05, 0) is 37.5 Å². The molecule has 150 valence electrons. The number of nitrogens with zero attached hydrogens (tertiary/aromatic N) is 1. The number of amides is 1. The molecule has 2 aromatic rings. The molecule has 1 amide bonds. The van der Waals surface area contributed by atoms with Crippen LogP contribution in [0.5, 0.6) is 11.5 Å². The second kappa shape index (κ2) is 10.7. The SMILES string of the molecule is CCOc1ccccc1OCCCC(=O)N[C@@H]1CCN(Cc2ccccc2)C1. The van der Waals surface area contributed by atoms with E-state index in [-0.39, 0.29) is 11.9 Å². The first-order valence-corrected chi connectivity index (χ1v) is 10.1. The van der Waals surface area contributed by atoms with Gasteiger partial charge >= 0.3 is 0 Å². The fourth-order valence-electron chi connectivity index (χ4n) is 3.49. The fraction of sp³-hybridized carbons (Fsp3) is 0.435. The van der Waals surface area contributed by atoms with Crippen LogP contribution in [0.25, 0.3) is 0 Å². The van der Waals surface area contributed by atoms with E-state index in [1.165, 1.54) is 5.56 Å². The fourth-order valence-corrected chi connectivity index (χ4v) is 3.49. The zero-order chi connectivity index (χ0) is 19.6. The molecule has 0 saturated carbocycles. The van der Waals surface area contributed by atoms with Crippen molar-refractivity contribution in [3.63, 3.8) is 0 Å². The van der Waals surface area contributed by atoms with Gasteiger partial charge in [0.15, 0.2) is 11.5 Å². The summed E-state index contributed by atoms with van der Waals surface area (Å²) in [6.07, 6.45) is 2.18. The van der Waals surface area contributed by atoms with Crippen molar-refractivity contribution in [1.82, 2.24) is 10.2 Å². The quantitative estimate of drug-likeness (QED) is 0.638. The highest BCUT2D eigenvalue weighted by atomic mass is 16.5. The number of hydrogen-bond donors (Lipinski definition) is 1. The summed E-state index contributed by atoms with van der Waals surface area (Å²) in [4.78, 5) is 14.6. The highest BCUT2D eigenvalue weighted by Gasteiger charge is 2.23. The maximum Gasteiger partial charge on any atom is 0.220 e. The molecule has 0 unspecified atom stereocenters. The summed E-state index contributed by atoms with van der Waals surface area (Å²) in [6.45, 7) is 5.94. The minimum Gasteiger partial charge on any atom is -0.490 e. The van der Waals surface area contributed by atoms with Crippen LogP contribution in [0.2, 0.25) is 0 Å². The summed E-state index contributed by atoms with van der Waals surface area (Å²) in [7, 11) is 0. The molecule has 0 radical (unpaired) electrons. The molecule has 3 rings (SSSR count). The van der Waals surface area contributed by atoms with E-state index in [4.69, 9.17) is 9.47 Å². The molecule has 5 nitrogen and oxygen atoms in total. The Hall–Kier alpha value is -2.53. The predicted molar refractivity (Wildman–Crippen MR) is 111 cm³/mol. The van der Waals surface area contributed by atoms with Crippen LogP contribution in [0.4, 0.5) is 0 Å². The molecule has 2 aromatic carbocycles. The minimum absolute atomic E-state index is 0.105. The lowest BCUT2D eigenvalue weighted by molar-refractivity contribution is -0.121. The van der Waals surface area contributed by atoms with Gasteiger partial charge in [0.2, 0.25) is 5.91 Å². The maximum absolute atomic E-state index is 12.2. The van der Waals surface area contributed by atoms with Crippen LogP contribution in [0.1, 0.15) is 31.7 Å². The lowest BCUT2D eigenvalue weighted by Gasteiger charge is -2.17. The second-order valence-electron chi connectivity index (χ2n) is 7.11. The molecule has 5 heteroatoms. The minimum atomic E-state index is 0.105. The Morgan fingerprint density at radius 3 is 2.54 bits per heavy atom. The van der Waals surface area contributed by atoms with Gasteiger partial charge in [-0.15, -0.1) is 0 Å². The molecular formula is C23H30N2O3. The average Bonchev–Trinajstić information content (AvgIpc) is 3.14. The van der Waals surface area contributed by atoms with E-state index < -0.39 is 0 Å². The van der Waals surface area contributed by atoms with Crippen molar-refractivity contribution >= 4 is 5.91 Å². The monoisotopic (exact) mass is 382 g/mol. The van der Waals surface area contributed by atoms with Gasteiger partial charge in [0, 0.05) is 32.1 Å². The van der Waals surface area contributed by atoms with E-state index in [0.717, 1.165) is 37.6 Å². The van der Waals surface area contributed by atoms with E-state index in [0.29, 0.717) is 26.1 Å². The highest BCUT2D eigenvalue weighted by Crippen LogP contribution is 2.26. The number of ether oxygens (including phenoxy) is 2. The van der Waals surface area contributed by atoms with Crippen LogP contribution in [-0.2, 0) is 11.3 Å². The number of para-hydroxylation sites is 2. The van der Waals surface area contributed by atoms with Gasteiger partial charge in [-0.3, -0.25) is 9.69 Å². The second-order valence-corrected chi connectivity index (χ2v) is 7.11. The third-order valence-electron chi connectivity index (χ3n) is 4.84. The van der Waals surface area contributed by atoms with Crippen molar-refractivity contribution in [1.29, 1.82) is 0 Å². The molecule has 0 spiro atoms. The number of carbonyl (C=O) groups excluding carboxylic acids is 1. The van der Waals surface area contributed by atoms with Gasteiger partial charge in [0.25, 0.3) is 0 Å². The van der Waals surface area contributed by atoms with Gasteiger partial charge in [0.1, 0.15) is 0 Å². The molecule has 1 fully saturated rings. The van der Waals surface area contributed by atoms with Crippen molar-refractivity contribution in [2.24, 2.45) is 0 Å². The molecule has 1 N–H and O–H groups in total. The summed E-state index contributed by atoms with van der Waals surface area (Å²) in [5.41, 5.74) is 1.32. The number of carbonyl (C=O) groups is 1. The summed E-state index contributed by atoms with van der Waals surface area (Å²) < 4.78 is 11.3. The van der Waals surface area contributed by atoms with Gasteiger partial charge in [0.05, 0.1) is 13.2 Å². The van der Waals surface area contributed by atoms with Crippen molar-refractivity contribution in [2.45, 2.75) is 38.8 Å². The van der Waals surface area contributed by atoms with Crippen LogP contribution in [0.15, 0.2) is 54.6 Å². The third kappa shape index (κ3) is 6.27. The van der Waals surface area contributed by atoms with Gasteiger partial charge < -0.3 is 14.8 Å². The van der Waals surface area contributed by atoms with Crippen molar-refractivity contribution in [3.05, 3.63) is 60.2 Å². The summed E-state index contributed by atoms with van der Waals surface area (Å²) >= 11 is 0. The van der Waals surface area contributed by atoms with Gasteiger partial charge in [-0.1, -0.05) is 42.5 Å². The smallest absolute Gasteiger partial charge is 0.220 e. The Morgan fingerprint density at radius 2 is 1.79 bits per heavy atom. The summed E-state index contributed by atoms with van der Waals surface area (Å²) in [5.74, 6) is 1.59. The molecule has 1 atom stereocenters. The first-order valence-electron chi connectivity index (χ1n) is 10.1. The topological polar surface area (TPSA) is 50.8 Å². The first-order chi connectivity index (χ1) is 13.7. The Labute approximate surface area is 167 Å². The van der Waals surface area contributed by atoms with E-state index in [1.54, 1.807) is 0 Å². The highest BCUT2D eigenvalue weighted by molar-refractivity contribution is 5.76. The molecule has 28 heavy (non-hydrogen) atoms. The van der Waals surface area contributed by atoms with Crippen LogP contribution in [-0.4, -0.2) is 43.2 Å². The van der Waals surface area contributed by atoms with Crippen molar-refractivity contribution in [3.8, 4) is 11.5 Å². The number of hydrogen-bond acceptors (Lipinski definition) is 4. The zero-order valence-corrected chi connectivity index (χ0v) is 16.6. The van der Waals surface area contributed by atoms with Crippen LogP contribution >= 0.6 is 0 Å². The number of rotatable bonds is 10. The van der Waals surface area contributed by atoms with E-state index in [9.17, 15) is 4.79 Å². The predicted octanol–water partition coefficient (Wildman–Crippen LogP) is 3.64. The van der Waals surface area contributed by atoms with E-state index in [1.807, 2.05) is 37.3 Å². The average molecular weight is 383 g/mol. The molecule has 1 heterocycles. The number of nitrogens with one attached hydrogen (secondary N) is 1. The maximum atomic E-state index is 12.2. The molecular weight excluding hydrogens is 352 g/mol. The Bertz CT molecular complexity index is 736. The Kier molecular flexibility index (Phi) is 7.73. The normalized spacial score (nSPS) is 16.7. The van der Waals surface area contributed by atoms with Crippen LogP contribution in [0.3, 0.4) is 0 Å². The lowest BCUT2D eigenvalue weighted by atomic mass is 10.2. The van der Waals surface area contributed by atoms with Crippen molar-refractivity contribution < 1.29 is 14.3 Å². The molecule has 1 aliphatic rings. The molecule has 1 aliphatic heterocycles. The van der Waals surface area contributed by atoms with Crippen LogP contribution in [0, 0.1) is 0 Å². The molecule has 1 saturated heterocycles. The summed E-state index contributed by atoms with van der Waals surface area (Å²) in [6, 6.07) is 18.4. The van der Waals surface area contributed by atoms with Gasteiger partial charge in [-0.2, -0.15) is 0 Å². The molecule has 0 aliphatic carbocycles. The van der Waals surface area contributed by atoms with E-state index >= 15 is 0 Å². The van der Waals surface area contributed by atoms with Crippen LogP contribution < -0.4 is 14.8 Å². The zero-order valence-electron chi connectivity index (χ0n) is 16.6. The largest absolute Gasteiger partial charge is 0.490 e. The molecule has 0 bridgehead atoms. The van der Waals surface area contributed by atoms with Crippen molar-refractivity contribution in [2.75, 3.05) is 26.3 Å². The van der Waals surface area contributed by atoms with Gasteiger partial charge in [-0.25, -0.2) is 0 Å². The summed E-state index contributed by atoms with van der Waals surface area (Å²) in [5, 5.41) is 3.16. The van der Waals surface area contributed by atoms with E-state index in [2.05, 4.69) is 34.5 Å². The first kappa shape index (κ1) is 20.2. The standard InChI is InChI=1S/C23H30N2O3/c1-2-27-21-11-6-7-12-22(21)28-16-8-13-23(26)24-20-14-15-25(18-20)17-19-9-4-3-5-10-19/h3-7,9-12,20H,2,8,13-18H2,1H3,(H,24,26)/t20-/m1/s1. The Balaban J connectivity index is 1.33. The lowest BCUT2D eigenvalue weighted by Crippen LogP contribution is -2.37.